The van der Waals surface area contributed by atoms with Gasteiger partial charge in [-0.1, -0.05) is 0 Å². The molecular formula is C14H12FN3O3. The fourth-order valence-electron chi connectivity index (χ4n) is 1.76. The van der Waals surface area contributed by atoms with Crippen molar-refractivity contribution in [2.45, 2.75) is 13.8 Å². The van der Waals surface area contributed by atoms with Crippen molar-refractivity contribution >= 4 is 17.3 Å². The number of anilines is 1. The van der Waals surface area contributed by atoms with E-state index < -0.39 is 16.6 Å². The van der Waals surface area contributed by atoms with E-state index in [1.54, 1.807) is 19.1 Å². The van der Waals surface area contributed by atoms with Crippen LogP contribution in [0.3, 0.4) is 0 Å². The van der Waals surface area contributed by atoms with Gasteiger partial charge in [0, 0.05) is 17.8 Å². The van der Waals surface area contributed by atoms with Crippen molar-refractivity contribution in [3.05, 3.63) is 63.2 Å². The number of pyridine rings is 1. The monoisotopic (exact) mass is 289 g/mol. The van der Waals surface area contributed by atoms with E-state index in [0.29, 0.717) is 5.69 Å². The Morgan fingerprint density at radius 1 is 1.33 bits per heavy atom. The normalized spacial score (nSPS) is 10.2. The van der Waals surface area contributed by atoms with Crippen LogP contribution in [0.2, 0.25) is 0 Å². The zero-order chi connectivity index (χ0) is 15.6. The van der Waals surface area contributed by atoms with Crippen LogP contribution in [0, 0.1) is 29.8 Å². The van der Waals surface area contributed by atoms with E-state index in [9.17, 15) is 19.3 Å². The first-order valence-electron chi connectivity index (χ1n) is 6.07. The highest BCUT2D eigenvalue weighted by Gasteiger charge is 2.19. The fraction of sp³-hybridized carbons (Fsp3) is 0.143. The number of nitro groups is 1. The molecule has 0 spiro atoms. The van der Waals surface area contributed by atoms with Gasteiger partial charge >= 0.3 is 0 Å². The molecule has 6 nitrogen and oxygen atoms in total. The molecule has 0 saturated carbocycles. The molecule has 1 amide bonds. The maximum Gasteiger partial charge on any atom is 0.270 e. The third kappa shape index (κ3) is 3.19. The number of nitrogens with one attached hydrogen (secondary N) is 1. The predicted octanol–water partition coefficient (Wildman–Crippen LogP) is 3.00. The van der Waals surface area contributed by atoms with Gasteiger partial charge in [0.15, 0.2) is 0 Å². The number of carbonyl (C=O) groups excluding carboxylic acids is 1. The van der Waals surface area contributed by atoms with Gasteiger partial charge in [-0.05, 0) is 31.5 Å². The number of carbonyl (C=O) groups is 1. The summed E-state index contributed by atoms with van der Waals surface area (Å²) in [5.74, 6) is -1.54. The van der Waals surface area contributed by atoms with Gasteiger partial charge in [0.05, 0.1) is 22.4 Å². The maximum absolute atomic E-state index is 14.0. The predicted molar refractivity (Wildman–Crippen MR) is 74.7 cm³/mol. The lowest BCUT2D eigenvalue weighted by Crippen LogP contribution is -2.15. The van der Waals surface area contributed by atoms with Crippen LogP contribution in [-0.2, 0) is 0 Å². The van der Waals surface area contributed by atoms with Crippen LogP contribution in [0.1, 0.15) is 21.6 Å². The molecular weight excluding hydrogens is 277 g/mol. The Hall–Kier alpha value is -2.83. The van der Waals surface area contributed by atoms with E-state index >= 15 is 0 Å². The molecule has 0 atom stereocenters. The van der Waals surface area contributed by atoms with Crippen LogP contribution >= 0.6 is 0 Å². The minimum Gasteiger partial charge on any atom is -0.320 e. The Balaban J connectivity index is 2.34. The van der Waals surface area contributed by atoms with Gasteiger partial charge in [0.2, 0.25) is 0 Å². The molecule has 1 N–H and O–H groups in total. The summed E-state index contributed by atoms with van der Waals surface area (Å²) in [6.45, 7) is 3.15. The van der Waals surface area contributed by atoms with Crippen LogP contribution in [0.4, 0.5) is 15.8 Å². The highest BCUT2D eigenvalue weighted by molar-refractivity contribution is 6.04. The number of amides is 1. The molecule has 0 radical (unpaired) electrons. The lowest BCUT2D eigenvalue weighted by Gasteiger charge is -2.07. The van der Waals surface area contributed by atoms with Crippen LogP contribution in [-0.4, -0.2) is 15.8 Å². The average molecular weight is 289 g/mol. The van der Waals surface area contributed by atoms with Crippen LogP contribution in [0.15, 0.2) is 30.5 Å². The average Bonchev–Trinajstić information content (AvgIpc) is 2.43. The number of hydrogen-bond acceptors (Lipinski definition) is 4. The molecule has 21 heavy (non-hydrogen) atoms. The summed E-state index contributed by atoms with van der Waals surface area (Å²) in [5.41, 5.74) is 0.485. The van der Waals surface area contributed by atoms with Crippen molar-refractivity contribution in [1.29, 1.82) is 0 Å². The van der Waals surface area contributed by atoms with Gasteiger partial charge in [0.25, 0.3) is 11.6 Å². The van der Waals surface area contributed by atoms with Crippen molar-refractivity contribution in [3.63, 3.8) is 0 Å². The third-order valence-electron chi connectivity index (χ3n) is 2.86. The Morgan fingerprint density at radius 3 is 2.62 bits per heavy atom. The zero-order valence-corrected chi connectivity index (χ0v) is 11.4. The van der Waals surface area contributed by atoms with Gasteiger partial charge < -0.3 is 5.32 Å². The number of aryl methyl sites for hydroxylation is 2. The summed E-state index contributed by atoms with van der Waals surface area (Å²) in [4.78, 5) is 26.1. The zero-order valence-electron chi connectivity index (χ0n) is 11.4. The molecule has 2 aromatic rings. The van der Waals surface area contributed by atoms with E-state index in [4.69, 9.17) is 0 Å². The number of non-ortho nitro benzene ring substituents is 1. The van der Waals surface area contributed by atoms with Gasteiger partial charge in [-0.2, -0.15) is 0 Å². The molecule has 0 aliphatic rings. The second kappa shape index (κ2) is 5.66. The van der Waals surface area contributed by atoms with Crippen LogP contribution < -0.4 is 5.32 Å². The standard InChI is InChI=1S/C14H12FN3O3/c1-8-5-11(18(20)21)6-12(13(8)15)14(19)17-10-4-3-9(2)16-7-10/h3-7H,1-2H3,(H,17,19). The molecule has 0 aliphatic heterocycles. The molecule has 1 aromatic heterocycles. The fourth-order valence-corrected chi connectivity index (χ4v) is 1.76. The van der Waals surface area contributed by atoms with Crippen molar-refractivity contribution in [2.24, 2.45) is 0 Å². The highest BCUT2D eigenvalue weighted by atomic mass is 19.1. The molecule has 2 rings (SSSR count). The number of nitrogens with zero attached hydrogens (tertiary/aromatic N) is 2. The van der Waals surface area contributed by atoms with E-state index in [0.717, 1.165) is 17.8 Å². The van der Waals surface area contributed by atoms with E-state index in [-0.39, 0.29) is 16.8 Å². The minimum absolute atomic E-state index is 0.0383. The number of rotatable bonds is 3. The second-order valence-corrected chi connectivity index (χ2v) is 4.52. The van der Waals surface area contributed by atoms with Gasteiger partial charge in [-0.15, -0.1) is 0 Å². The van der Waals surface area contributed by atoms with Gasteiger partial charge in [0.1, 0.15) is 5.82 Å². The summed E-state index contributed by atoms with van der Waals surface area (Å²) in [6.07, 6.45) is 1.43. The first-order valence-corrected chi connectivity index (χ1v) is 6.07. The van der Waals surface area contributed by atoms with E-state index in [2.05, 4.69) is 10.3 Å². The molecule has 7 heteroatoms. The van der Waals surface area contributed by atoms with Crippen LogP contribution in [0.25, 0.3) is 0 Å². The molecule has 0 unspecified atom stereocenters. The van der Waals surface area contributed by atoms with Gasteiger partial charge in [-0.25, -0.2) is 4.39 Å². The lowest BCUT2D eigenvalue weighted by atomic mass is 10.1. The second-order valence-electron chi connectivity index (χ2n) is 4.52. The van der Waals surface area contributed by atoms with Crippen molar-refractivity contribution in [1.82, 2.24) is 4.98 Å². The van der Waals surface area contributed by atoms with Gasteiger partial charge in [-0.3, -0.25) is 19.9 Å². The molecule has 0 aliphatic carbocycles. The largest absolute Gasteiger partial charge is 0.320 e. The Kier molecular flexibility index (Phi) is 3.93. The smallest absolute Gasteiger partial charge is 0.270 e. The summed E-state index contributed by atoms with van der Waals surface area (Å²) in [6, 6.07) is 5.30. The summed E-state index contributed by atoms with van der Waals surface area (Å²) < 4.78 is 14.0. The maximum atomic E-state index is 14.0. The number of halogens is 1. The summed E-state index contributed by atoms with van der Waals surface area (Å²) >= 11 is 0. The Bertz CT molecular complexity index is 714. The quantitative estimate of drug-likeness (QED) is 0.695. The minimum atomic E-state index is -0.779. The molecule has 0 fully saturated rings. The van der Waals surface area contributed by atoms with Crippen LogP contribution in [0.5, 0.6) is 0 Å². The number of aromatic nitrogens is 1. The summed E-state index contributed by atoms with van der Waals surface area (Å²) in [5, 5.41) is 13.2. The molecule has 1 aromatic carbocycles. The van der Waals surface area contributed by atoms with E-state index in [1.807, 2.05) is 0 Å². The number of benzene rings is 1. The Morgan fingerprint density at radius 2 is 2.05 bits per heavy atom. The highest BCUT2D eigenvalue weighted by Crippen LogP contribution is 2.22. The molecule has 108 valence electrons. The molecule has 0 bridgehead atoms. The topological polar surface area (TPSA) is 85.1 Å². The first-order chi connectivity index (χ1) is 9.88. The van der Waals surface area contributed by atoms with Crippen molar-refractivity contribution in [2.75, 3.05) is 5.32 Å². The third-order valence-corrected chi connectivity index (χ3v) is 2.86. The van der Waals surface area contributed by atoms with Crippen molar-refractivity contribution < 1.29 is 14.1 Å². The SMILES string of the molecule is Cc1ccc(NC(=O)c2cc([N+](=O)[O-])cc(C)c2F)cn1. The lowest BCUT2D eigenvalue weighted by molar-refractivity contribution is -0.385. The number of nitro benzene ring substituents is 1. The van der Waals surface area contributed by atoms with Crippen molar-refractivity contribution in [3.8, 4) is 0 Å². The first kappa shape index (κ1) is 14.6. The van der Waals surface area contributed by atoms with E-state index in [1.165, 1.54) is 13.1 Å². The molecule has 0 saturated heterocycles. The number of hydrogen-bond donors (Lipinski definition) is 1. The Labute approximate surface area is 119 Å². The summed E-state index contributed by atoms with van der Waals surface area (Å²) in [7, 11) is 0. The molecule has 1 heterocycles.